The minimum atomic E-state index is -0.754. The first kappa shape index (κ1) is 17.4. The Balaban J connectivity index is 2.24. The van der Waals surface area contributed by atoms with Crippen LogP contribution in [0.3, 0.4) is 0 Å². The van der Waals surface area contributed by atoms with E-state index in [0.29, 0.717) is 0 Å². The largest absolute Gasteiger partial charge is 0.599 e. The van der Waals surface area contributed by atoms with Gasteiger partial charge in [0.05, 0.1) is 5.54 Å². The second-order valence-corrected chi connectivity index (χ2v) is 7.24. The zero-order chi connectivity index (χ0) is 15.8. The molecule has 0 amide bonds. The summed E-state index contributed by atoms with van der Waals surface area (Å²) in [6.45, 7) is 6.10. The Kier molecular flexibility index (Phi) is 6.79. The second-order valence-electron chi connectivity index (χ2n) is 5.82. The Morgan fingerprint density at radius 2 is 1.36 bits per heavy atom. The van der Waals surface area contributed by atoms with E-state index in [1.165, 1.54) is 11.1 Å². The molecule has 22 heavy (non-hydrogen) atoms. The molecular weight excluding hydrogens is 302 g/mol. The number of benzene rings is 2. The average Bonchev–Trinajstić information content (AvgIpc) is 2.54. The predicted octanol–water partition coefficient (Wildman–Crippen LogP) is 4.29. The number of hydrogen-bond donors (Lipinski definition) is 0. The van der Waals surface area contributed by atoms with Gasteiger partial charge in [0.15, 0.2) is 0 Å². The van der Waals surface area contributed by atoms with Crippen LogP contribution in [0.2, 0.25) is 0 Å². The lowest BCUT2D eigenvalue weighted by Crippen LogP contribution is -2.41. The summed E-state index contributed by atoms with van der Waals surface area (Å²) < 4.78 is 3.15. The predicted molar refractivity (Wildman–Crippen MR) is 95.6 cm³/mol. The van der Waals surface area contributed by atoms with E-state index >= 15 is 0 Å². The molecule has 0 N–H and O–H groups in total. The lowest BCUT2D eigenvalue weighted by Gasteiger charge is -2.35. The number of hydrogen-bond acceptors (Lipinski definition) is 1. The lowest BCUT2D eigenvalue weighted by atomic mass is 10.0. The molecule has 0 saturated heterocycles. The summed E-state index contributed by atoms with van der Waals surface area (Å²) in [7, 11) is 5.88. The Morgan fingerprint density at radius 1 is 0.909 bits per heavy atom. The van der Waals surface area contributed by atoms with Crippen molar-refractivity contribution >= 4 is 28.3 Å². The third-order valence-electron chi connectivity index (χ3n) is 3.68. The van der Waals surface area contributed by atoms with Crippen molar-refractivity contribution in [2.24, 2.45) is 0 Å². The first-order valence-electron chi connectivity index (χ1n) is 7.51. The molecule has 110 valence electrons. The third kappa shape index (κ3) is 5.33. The van der Waals surface area contributed by atoms with Crippen molar-refractivity contribution in [1.82, 2.24) is 4.90 Å². The smallest absolute Gasteiger partial charge is 0.316 e. The van der Waals surface area contributed by atoms with Crippen LogP contribution in [0.5, 0.6) is 0 Å². The van der Waals surface area contributed by atoms with Gasteiger partial charge in [-0.05, 0) is 25.0 Å². The van der Waals surface area contributed by atoms with E-state index in [4.69, 9.17) is 9.07 Å². The Bertz CT molecular complexity index is 587. The van der Waals surface area contributed by atoms with Crippen LogP contribution >= 0.6 is 9.07 Å². The molecule has 0 saturated carbocycles. The van der Waals surface area contributed by atoms with Gasteiger partial charge in [0.25, 0.3) is 0 Å². The van der Waals surface area contributed by atoms with E-state index in [1.807, 2.05) is 0 Å². The van der Waals surface area contributed by atoms with Crippen LogP contribution in [0.1, 0.15) is 25.0 Å². The molecule has 0 aliphatic rings. The fourth-order valence-corrected chi connectivity index (χ4v) is 3.09. The summed E-state index contributed by atoms with van der Waals surface area (Å²) in [5.41, 5.74) is 2.40. The normalized spacial score (nSPS) is 10.7. The molecule has 2 aromatic carbocycles. The van der Waals surface area contributed by atoms with Gasteiger partial charge in [-0.1, -0.05) is 60.7 Å². The molecule has 3 heteroatoms. The fraction of sp³-hybridized carbons (Fsp3) is 0.263. The maximum absolute atomic E-state index is 5.88. The van der Waals surface area contributed by atoms with Crippen LogP contribution in [-0.2, 0) is 13.1 Å². The van der Waals surface area contributed by atoms with E-state index in [-0.39, 0.29) is 5.54 Å². The molecule has 0 unspecified atom stereocenters. The summed E-state index contributed by atoms with van der Waals surface area (Å²) in [4.78, 5) is 2.41. The van der Waals surface area contributed by atoms with Gasteiger partial charge in [-0.2, -0.15) is 0 Å². The van der Waals surface area contributed by atoms with Crippen molar-refractivity contribution in [2.45, 2.75) is 32.5 Å². The van der Waals surface area contributed by atoms with Crippen molar-refractivity contribution in [3.63, 3.8) is 0 Å². The van der Waals surface area contributed by atoms with E-state index in [0.717, 1.165) is 13.1 Å². The number of nitrogens with zero attached hydrogens (tertiary/aromatic N) is 1. The van der Waals surface area contributed by atoms with Crippen molar-refractivity contribution < 1.29 is 0 Å². The van der Waals surface area contributed by atoms with Crippen LogP contribution in [0.4, 0.5) is 0 Å². The molecule has 2 aromatic rings. The first-order valence-corrected chi connectivity index (χ1v) is 10.4. The molecular formula is C19H20ClMgN. The summed E-state index contributed by atoms with van der Waals surface area (Å²) in [6.07, 6.45) is 0. The quantitative estimate of drug-likeness (QED) is 0.586. The fourth-order valence-electron chi connectivity index (χ4n) is 2.39. The Hall–Kier alpha value is -0.984. The van der Waals surface area contributed by atoms with Crippen LogP contribution < -0.4 is 0 Å². The maximum Gasteiger partial charge on any atom is 0.599 e. The van der Waals surface area contributed by atoms with Crippen molar-refractivity contribution in [3.8, 4) is 9.97 Å². The highest BCUT2D eigenvalue weighted by Gasteiger charge is 2.24. The summed E-state index contributed by atoms with van der Waals surface area (Å²) in [6, 6.07) is 21.1. The van der Waals surface area contributed by atoms with Gasteiger partial charge in [0, 0.05) is 13.1 Å². The van der Waals surface area contributed by atoms with Crippen molar-refractivity contribution in [1.29, 1.82) is 0 Å². The molecule has 0 heterocycles. The topological polar surface area (TPSA) is 3.24 Å². The minimum absolute atomic E-state index is 0.201. The lowest BCUT2D eigenvalue weighted by molar-refractivity contribution is 0.151. The Labute approximate surface area is 147 Å². The van der Waals surface area contributed by atoms with Gasteiger partial charge >= 0.3 is 19.3 Å². The number of halogens is 1. The van der Waals surface area contributed by atoms with Crippen LogP contribution in [0.25, 0.3) is 0 Å². The van der Waals surface area contributed by atoms with Crippen LogP contribution in [-0.4, -0.2) is 29.7 Å². The van der Waals surface area contributed by atoms with Gasteiger partial charge in [-0.15, -0.1) is 5.92 Å². The number of rotatable bonds is 5. The zero-order valence-corrected chi connectivity index (χ0v) is 15.4. The zero-order valence-electron chi connectivity index (χ0n) is 13.2. The Morgan fingerprint density at radius 3 is 1.77 bits per heavy atom. The highest BCUT2D eigenvalue weighted by molar-refractivity contribution is 6.98. The molecule has 0 fully saturated rings. The van der Waals surface area contributed by atoms with Gasteiger partial charge in [0.2, 0.25) is 0 Å². The van der Waals surface area contributed by atoms with Crippen molar-refractivity contribution in [3.05, 3.63) is 71.8 Å². The van der Waals surface area contributed by atoms with Crippen LogP contribution in [0.15, 0.2) is 60.7 Å². The molecule has 2 rings (SSSR count). The summed E-state index contributed by atoms with van der Waals surface area (Å²) in [5.74, 6) is 3.35. The molecule has 0 atom stereocenters. The molecule has 1 nitrogen and oxygen atoms in total. The summed E-state index contributed by atoms with van der Waals surface area (Å²) >= 11 is -0.754. The molecule has 0 spiro atoms. The van der Waals surface area contributed by atoms with E-state index in [9.17, 15) is 0 Å². The maximum atomic E-state index is 5.88. The van der Waals surface area contributed by atoms with E-state index in [1.54, 1.807) is 0 Å². The minimum Gasteiger partial charge on any atom is -0.316 e. The average molecular weight is 322 g/mol. The standard InChI is InChI=1S/C19H20N.ClH.Mg/c1-4-19(2,3)20(15-17-11-7-5-8-12-17)16-18-13-9-6-10-14-18;;/h5-14H,15-16H2,2-3H3;1H;/q;;+1/p-1. The highest BCUT2D eigenvalue weighted by atomic mass is 35.5. The SMILES string of the molecule is CC(C)(C#[C][Mg][Cl])N(Cc1ccccc1)Cc1ccccc1. The third-order valence-corrected chi connectivity index (χ3v) is 4.40. The molecule has 0 radical (unpaired) electrons. The van der Waals surface area contributed by atoms with Crippen LogP contribution in [0, 0.1) is 9.97 Å². The molecule has 0 aromatic heterocycles. The highest BCUT2D eigenvalue weighted by Crippen LogP contribution is 2.20. The van der Waals surface area contributed by atoms with E-state index in [2.05, 4.69) is 89.4 Å². The molecule has 0 bridgehead atoms. The summed E-state index contributed by atoms with van der Waals surface area (Å²) in [5, 5.41) is 0. The van der Waals surface area contributed by atoms with Gasteiger partial charge in [-0.25, -0.2) is 4.05 Å². The monoisotopic (exact) mass is 321 g/mol. The van der Waals surface area contributed by atoms with E-state index < -0.39 is 19.3 Å². The van der Waals surface area contributed by atoms with Gasteiger partial charge < -0.3 is 9.07 Å². The second kappa shape index (κ2) is 8.60. The molecule has 0 aliphatic carbocycles. The molecule has 0 aliphatic heterocycles. The van der Waals surface area contributed by atoms with Crippen molar-refractivity contribution in [2.75, 3.05) is 0 Å². The first-order chi connectivity index (χ1) is 10.6. The van der Waals surface area contributed by atoms with Gasteiger partial charge in [-0.3, -0.25) is 4.90 Å². The van der Waals surface area contributed by atoms with Gasteiger partial charge in [0.1, 0.15) is 0 Å².